The third kappa shape index (κ3) is 4.91. The highest BCUT2D eigenvalue weighted by atomic mass is 16.5. The maximum Gasteiger partial charge on any atom is 0.252 e. The molecule has 12 heteroatoms. The Hall–Kier alpha value is -4.42. The number of morpholine rings is 1. The van der Waals surface area contributed by atoms with Crippen molar-refractivity contribution in [1.82, 2.24) is 40.2 Å². The van der Waals surface area contributed by atoms with Gasteiger partial charge in [-0.1, -0.05) is 23.4 Å². The monoisotopic (exact) mass is 514 g/mol. The van der Waals surface area contributed by atoms with E-state index in [2.05, 4.69) is 35.7 Å². The number of pyridine rings is 1. The molecule has 1 fully saturated rings. The van der Waals surface area contributed by atoms with Crippen molar-refractivity contribution < 1.29 is 18.8 Å². The number of nitrogens with one attached hydrogen (secondary N) is 1. The first-order chi connectivity index (χ1) is 18.7. The molecule has 0 radical (unpaired) electrons. The zero-order valence-electron chi connectivity index (χ0n) is 20.8. The normalized spacial score (nSPS) is 14.2. The van der Waals surface area contributed by atoms with Crippen LogP contribution in [0.5, 0.6) is 5.88 Å². The number of benzene rings is 1. The zero-order chi connectivity index (χ0) is 25.9. The van der Waals surface area contributed by atoms with Crippen molar-refractivity contribution in [3.05, 3.63) is 65.7 Å². The first kappa shape index (κ1) is 23.9. The quantitative estimate of drug-likeness (QED) is 0.329. The van der Waals surface area contributed by atoms with Gasteiger partial charge in [0.05, 0.1) is 24.5 Å². The summed E-state index contributed by atoms with van der Waals surface area (Å²) in [7, 11) is 0. The van der Waals surface area contributed by atoms with Crippen LogP contribution in [0.4, 0.5) is 0 Å². The zero-order valence-corrected chi connectivity index (χ0v) is 20.8. The lowest BCUT2D eigenvalue weighted by molar-refractivity contribution is 0.0383. The lowest BCUT2D eigenvalue weighted by Gasteiger charge is -2.26. The van der Waals surface area contributed by atoms with Gasteiger partial charge in [0.25, 0.3) is 5.91 Å². The van der Waals surface area contributed by atoms with Crippen molar-refractivity contribution in [2.24, 2.45) is 0 Å². The van der Waals surface area contributed by atoms with E-state index in [1.54, 1.807) is 28.9 Å². The topological polar surface area (TPSA) is 133 Å². The van der Waals surface area contributed by atoms with Crippen molar-refractivity contribution in [2.75, 3.05) is 39.4 Å². The van der Waals surface area contributed by atoms with E-state index >= 15 is 0 Å². The number of fused-ring (bicyclic) bond motifs is 3. The van der Waals surface area contributed by atoms with Crippen LogP contribution in [0, 0.1) is 6.92 Å². The molecule has 0 spiro atoms. The van der Waals surface area contributed by atoms with E-state index in [0.717, 1.165) is 43.6 Å². The van der Waals surface area contributed by atoms with E-state index in [4.69, 9.17) is 14.0 Å². The maximum absolute atomic E-state index is 12.5. The van der Waals surface area contributed by atoms with Crippen molar-refractivity contribution in [2.45, 2.75) is 13.5 Å². The summed E-state index contributed by atoms with van der Waals surface area (Å²) in [5.74, 6) is 1.37. The van der Waals surface area contributed by atoms with Crippen LogP contribution in [0.25, 0.3) is 27.9 Å². The predicted molar refractivity (Wildman–Crippen MR) is 137 cm³/mol. The summed E-state index contributed by atoms with van der Waals surface area (Å²) in [6.07, 6.45) is 1.56. The first-order valence-corrected chi connectivity index (χ1v) is 12.4. The van der Waals surface area contributed by atoms with Crippen LogP contribution in [0.2, 0.25) is 0 Å². The highest BCUT2D eigenvalue weighted by Crippen LogP contribution is 2.29. The van der Waals surface area contributed by atoms with Gasteiger partial charge in [0, 0.05) is 49.2 Å². The van der Waals surface area contributed by atoms with Crippen LogP contribution in [0.15, 0.2) is 53.2 Å². The second-order valence-electron chi connectivity index (χ2n) is 8.97. The fourth-order valence-electron chi connectivity index (χ4n) is 4.33. The Labute approximate surface area is 217 Å². The molecular weight excluding hydrogens is 488 g/mol. The molecule has 5 aromatic rings. The Morgan fingerprint density at radius 2 is 1.95 bits per heavy atom. The van der Waals surface area contributed by atoms with Gasteiger partial charge in [-0.25, -0.2) is 0 Å². The van der Waals surface area contributed by atoms with Crippen LogP contribution >= 0.6 is 0 Å². The molecule has 1 N–H and O–H groups in total. The molecule has 4 aromatic heterocycles. The lowest BCUT2D eigenvalue weighted by Crippen LogP contribution is -2.41. The fraction of sp³-hybridized carbons (Fsp3) is 0.308. The molecule has 1 amide bonds. The summed E-state index contributed by atoms with van der Waals surface area (Å²) in [5.41, 5.74) is 2.28. The van der Waals surface area contributed by atoms with Crippen LogP contribution in [-0.4, -0.2) is 80.2 Å². The second kappa shape index (κ2) is 10.5. The van der Waals surface area contributed by atoms with Gasteiger partial charge in [-0.15, -0.1) is 15.3 Å². The Balaban J connectivity index is 1.16. The average Bonchev–Trinajstić information content (AvgIpc) is 3.58. The summed E-state index contributed by atoms with van der Waals surface area (Å²) in [6.45, 7) is 6.61. The van der Waals surface area contributed by atoms with E-state index < -0.39 is 0 Å². The number of hydrogen-bond acceptors (Lipinski definition) is 10. The molecule has 1 aliphatic rings. The molecule has 0 saturated carbocycles. The average molecular weight is 515 g/mol. The van der Waals surface area contributed by atoms with Gasteiger partial charge in [0.15, 0.2) is 11.3 Å². The number of ether oxygens (including phenoxy) is 2. The van der Waals surface area contributed by atoms with Crippen molar-refractivity contribution in [3.8, 4) is 17.4 Å². The SMILES string of the molecule is Cc1cc(-c2nnc3c4ccccc4c(OCc4ccc(C(=O)NCCN5CCOCC5)cn4)nn23)no1. The fourth-order valence-corrected chi connectivity index (χ4v) is 4.33. The van der Waals surface area contributed by atoms with E-state index in [1.165, 1.54) is 0 Å². The molecule has 194 valence electrons. The molecule has 0 bridgehead atoms. The lowest BCUT2D eigenvalue weighted by atomic mass is 10.2. The first-order valence-electron chi connectivity index (χ1n) is 12.4. The number of hydrogen-bond donors (Lipinski definition) is 1. The predicted octanol–water partition coefficient (Wildman–Crippen LogP) is 2.28. The van der Waals surface area contributed by atoms with Gasteiger partial charge in [0.2, 0.25) is 11.7 Å². The van der Waals surface area contributed by atoms with Crippen molar-refractivity contribution in [1.29, 1.82) is 0 Å². The number of amides is 1. The van der Waals surface area contributed by atoms with Gasteiger partial charge >= 0.3 is 0 Å². The molecule has 1 saturated heterocycles. The van der Waals surface area contributed by atoms with Crippen molar-refractivity contribution >= 4 is 22.3 Å². The molecule has 0 unspecified atom stereocenters. The van der Waals surface area contributed by atoms with Crippen LogP contribution < -0.4 is 10.1 Å². The molecule has 0 aliphatic carbocycles. The number of rotatable bonds is 8. The van der Waals surface area contributed by atoms with Crippen LogP contribution in [0.3, 0.4) is 0 Å². The van der Waals surface area contributed by atoms with E-state index in [-0.39, 0.29) is 12.5 Å². The van der Waals surface area contributed by atoms with E-state index in [1.807, 2.05) is 31.2 Å². The largest absolute Gasteiger partial charge is 0.470 e. The number of aromatic nitrogens is 6. The Morgan fingerprint density at radius 3 is 2.71 bits per heavy atom. The third-order valence-electron chi connectivity index (χ3n) is 6.35. The van der Waals surface area contributed by atoms with Gasteiger partial charge in [-0.3, -0.25) is 14.7 Å². The third-order valence-corrected chi connectivity index (χ3v) is 6.35. The molecular formula is C26H26N8O4. The smallest absolute Gasteiger partial charge is 0.252 e. The highest BCUT2D eigenvalue weighted by Gasteiger charge is 2.18. The maximum atomic E-state index is 12.5. The molecule has 1 aliphatic heterocycles. The Kier molecular flexibility index (Phi) is 6.63. The summed E-state index contributed by atoms with van der Waals surface area (Å²) in [5, 5.41) is 21.9. The number of aryl methyl sites for hydroxylation is 1. The van der Waals surface area contributed by atoms with E-state index in [9.17, 15) is 4.79 Å². The summed E-state index contributed by atoms with van der Waals surface area (Å²) < 4.78 is 18.3. The minimum absolute atomic E-state index is 0.153. The molecule has 0 atom stereocenters. The van der Waals surface area contributed by atoms with Crippen LogP contribution in [0.1, 0.15) is 21.8 Å². The molecule has 12 nitrogen and oxygen atoms in total. The molecule has 1 aromatic carbocycles. The van der Waals surface area contributed by atoms with E-state index in [0.29, 0.717) is 46.6 Å². The summed E-state index contributed by atoms with van der Waals surface area (Å²) in [4.78, 5) is 19.2. The van der Waals surface area contributed by atoms with Gasteiger partial charge in [-0.2, -0.15) is 4.52 Å². The van der Waals surface area contributed by atoms with Crippen LogP contribution in [-0.2, 0) is 11.3 Å². The minimum atomic E-state index is -0.153. The Bertz CT molecular complexity index is 1570. The highest BCUT2D eigenvalue weighted by molar-refractivity contribution is 5.97. The van der Waals surface area contributed by atoms with Gasteiger partial charge < -0.3 is 19.3 Å². The van der Waals surface area contributed by atoms with Crippen molar-refractivity contribution in [3.63, 3.8) is 0 Å². The minimum Gasteiger partial charge on any atom is -0.470 e. The number of nitrogens with zero attached hydrogens (tertiary/aromatic N) is 7. The molecule has 6 rings (SSSR count). The molecule has 38 heavy (non-hydrogen) atoms. The van der Waals surface area contributed by atoms with Gasteiger partial charge in [-0.05, 0) is 25.1 Å². The molecule has 5 heterocycles. The summed E-state index contributed by atoms with van der Waals surface area (Å²) >= 11 is 0. The standard InChI is InChI=1S/C26H26N8O4/c1-17-14-22(32-38-17)24-30-29-23-20-4-2-3-5-21(20)26(31-34(23)24)37-16-19-7-6-18(15-28-19)25(35)27-8-9-33-10-12-36-13-11-33/h2-7,14-15H,8-13,16H2,1H3,(H,27,35). The Morgan fingerprint density at radius 1 is 1.11 bits per heavy atom. The van der Waals surface area contributed by atoms with Gasteiger partial charge in [0.1, 0.15) is 12.4 Å². The number of carbonyl (C=O) groups is 1. The number of carbonyl (C=O) groups excluding carboxylic acids is 1. The second-order valence-corrected chi connectivity index (χ2v) is 8.97. The summed E-state index contributed by atoms with van der Waals surface area (Å²) in [6, 6.07) is 13.0.